The third-order valence-corrected chi connectivity index (χ3v) is 7.17. The van der Waals surface area contributed by atoms with Crippen LogP contribution in [0.4, 0.5) is 5.69 Å². The van der Waals surface area contributed by atoms with Crippen molar-refractivity contribution in [3.05, 3.63) is 53.1 Å². The van der Waals surface area contributed by atoms with Gasteiger partial charge in [-0.15, -0.1) is 0 Å². The van der Waals surface area contributed by atoms with Gasteiger partial charge in [-0.2, -0.15) is 0 Å². The van der Waals surface area contributed by atoms with E-state index in [1.165, 1.54) is 18.9 Å². The highest BCUT2D eigenvalue weighted by molar-refractivity contribution is 7.92. The van der Waals surface area contributed by atoms with E-state index in [-0.39, 0.29) is 23.5 Å². The van der Waals surface area contributed by atoms with E-state index in [1.54, 1.807) is 25.1 Å². The van der Waals surface area contributed by atoms with Gasteiger partial charge in [0.2, 0.25) is 0 Å². The van der Waals surface area contributed by atoms with Crippen molar-refractivity contribution in [2.24, 2.45) is 0 Å². The molecule has 2 N–H and O–H groups in total. The Morgan fingerprint density at radius 3 is 2.29 bits per heavy atom. The first-order valence-corrected chi connectivity index (χ1v) is 12.4. The molecule has 0 radical (unpaired) electrons. The quantitative estimate of drug-likeness (QED) is 0.610. The molecule has 1 aliphatic rings. The van der Waals surface area contributed by atoms with E-state index < -0.39 is 10.0 Å². The highest BCUT2D eigenvalue weighted by atomic mass is 32.2. The first kappa shape index (κ1) is 23.1. The maximum atomic E-state index is 12.8. The minimum Gasteiger partial charge on any atom is -0.484 e. The van der Waals surface area contributed by atoms with Crippen molar-refractivity contribution in [3.8, 4) is 5.75 Å². The normalized spacial score (nSPS) is 15.2. The van der Waals surface area contributed by atoms with Crippen molar-refractivity contribution in [1.29, 1.82) is 0 Å². The van der Waals surface area contributed by atoms with Crippen LogP contribution in [-0.4, -0.2) is 27.0 Å². The van der Waals surface area contributed by atoms with Crippen molar-refractivity contribution < 1.29 is 17.9 Å². The number of ether oxygens (including phenoxy) is 1. The molecule has 1 fully saturated rings. The van der Waals surface area contributed by atoms with Gasteiger partial charge in [0.25, 0.3) is 15.9 Å². The number of hydrogen-bond donors (Lipinski definition) is 2. The van der Waals surface area contributed by atoms with Gasteiger partial charge in [0.05, 0.1) is 4.90 Å². The standard InChI is InChI=1S/C24H32N2O4S/c1-17-10-11-21(14-18(17)2)26-31(28,29)22-12-13-23(19(3)15-22)30-16-24(27)25-20-8-6-4-5-7-9-20/h10-15,20,26H,4-9,16H2,1-3H3,(H,25,27). The third kappa shape index (κ3) is 6.47. The Labute approximate surface area is 185 Å². The van der Waals surface area contributed by atoms with E-state index in [4.69, 9.17) is 4.74 Å². The molecule has 0 bridgehead atoms. The summed E-state index contributed by atoms with van der Waals surface area (Å²) in [6, 6.07) is 10.3. The molecule has 2 aromatic rings. The van der Waals surface area contributed by atoms with Crippen LogP contribution in [0, 0.1) is 20.8 Å². The van der Waals surface area contributed by atoms with Gasteiger partial charge in [0.1, 0.15) is 5.75 Å². The molecular weight excluding hydrogens is 412 g/mol. The molecule has 31 heavy (non-hydrogen) atoms. The third-order valence-electron chi connectivity index (χ3n) is 5.79. The summed E-state index contributed by atoms with van der Waals surface area (Å²) in [4.78, 5) is 12.4. The summed E-state index contributed by atoms with van der Waals surface area (Å²) in [6.07, 6.45) is 6.80. The van der Waals surface area contributed by atoms with Gasteiger partial charge in [-0.3, -0.25) is 9.52 Å². The molecule has 0 spiro atoms. The van der Waals surface area contributed by atoms with Crippen LogP contribution in [0.1, 0.15) is 55.2 Å². The Balaban J connectivity index is 1.60. The average molecular weight is 445 g/mol. The van der Waals surface area contributed by atoms with E-state index in [2.05, 4.69) is 10.0 Å². The van der Waals surface area contributed by atoms with Crippen LogP contribution in [0.15, 0.2) is 41.3 Å². The molecule has 7 heteroatoms. The number of nitrogens with one attached hydrogen (secondary N) is 2. The second kappa shape index (κ2) is 10.2. The topological polar surface area (TPSA) is 84.5 Å². The molecule has 0 heterocycles. The Morgan fingerprint density at radius 2 is 1.65 bits per heavy atom. The highest BCUT2D eigenvalue weighted by Gasteiger charge is 2.18. The van der Waals surface area contributed by atoms with E-state index in [9.17, 15) is 13.2 Å². The Hall–Kier alpha value is -2.54. The average Bonchev–Trinajstić information content (AvgIpc) is 2.98. The van der Waals surface area contributed by atoms with Gasteiger partial charge in [-0.25, -0.2) is 8.42 Å². The van der Waals surface area contributed by atoms with Crippen LogP contribution in [-0.2, 0) is 14.8 Å². The summed E-state index contributed by atoms with van der Waals surface area (Å²) >= 11 is 0. The van der Waals surface area contributed by atoms with Crippen molar-refractivity contribution >= 4 is 21.6 Å². The molecule has 1 amide bonds. The molecule has 168 valence electrons. The minimum atomic E-state index is -3.72. The largest absolute Gasteiger partial charge is 0.484 e. The van der Waals surface area contributed by atoms with Gasteiger partial charge in [0.15, 0.2) is 6.61 Å². The predicted molar refractivity (Wildman–Crippen MR) is 123 cm³/mol. The van der Waals surface area contributed by atoms with Gasteiger partial charge < -0.3 is 10.1 Å². The van der Waals surface area contributed by atoms with Crippen molar-refractivity contribution in [2.75, 3.05) is 11.3 Å². The number of aryl methyl sites for hydroxylation is 3. The summed E-state index contributed by atoms with van der Waals surface area (Å²) in [6.45, 7) is 5.61. The molecule has 1 aliphatic carbocycles. The Kier molecular flexibility index (Phi) is 7.59. The first-order chi connectivity index (χ1) is 14.7. The SMILES string of the molecule is Cc1ccc(NS(=O)(=O)c2ccc(OCC(=O)NC3CCCCCC3)c(C)c2)cc1C. The number of amides is 1. The zero-order valence-electron chi connectivity index (χ0n) is 18.5. The summed E-state index contributed by atoms with van der Waals surface area (Å²) in [5.41, 5.74) is 3.30. The van der Waals surface area contributed by atoms with Crippen molar-refractivity contribution in [2.45, 2.75) is 70.2 Å². The van der Waals surface area contributed by atoms with Crippen LogP contribution in [0.25, 0.3) is 0 Å². The highest BCUT2D eigenvalue weighted by Crippen LogP contribution is 2.24. The van der Waals surface area contributed by atoms with E-state index in [1.807, 2.05) is 26.0 Å². The predicted octanol–water partition coefficient (Wildman–Crippen LogP) is 4.63. The molecule has 0 aliphatic heterocycles. The fourth-order valence-electron chi connectivity index (χ4n) is 3.81. The van der Waals surface area contributed by atoms with Gasteiger partial charge in [-0.05, 0) is 80.6 Å². The number of rotatable bonds is 7. The molecule has 3 rings (SSSR count). The number of carbonyl (C=O) groups is 1. The molecule has 6 nitrogen and oxygen atoms in total. The van der Waals surface area contributed by atoms with Crippen molar-refractivity contribution in [1.82, 2.24) is 5.32 Å². The molecule has 0 unspecified atom stereocenters. The summed E-state index contributed by atoms with van der Waals surface area (Å²) < 4.78 is 33.8. The number of anilines is 1. The summed E-state index contributed by atoms with van der Waals surface area (Å²) in [7, 11) is -3.72. The van der Waals surface area contributed by atoms with E-state index in [0.29, 0.717) is 17.0 Å². The Morgan fingerprint density at radius 1 is 0.935 bits per heavy atom. The second-order valence-corrected chi connectivity index (χ2v) is 10.1. The van der Waals surface area contributed by atoms with Gasteiger partial charge >= 0.3 is 0 Å². The van der Waals surface area contributed by atoms with Crippen LogP contribution < -0.4 is 14.8 Å². The maximum absolute atomic E-state index is 12.8. The molecule has 0 saturated heterocycles. The lowest BCUT2D eigenvalue weighted by molar-refractivity contribution is -0.123. The van der Waals surface area contributed by atoms with Crippen LogP contribution in [0.5, 0.6) is 5.75 Å². The molecule has 1 saturated carbocycles. The van der Waals surface area contributed by atoms with Crippen LogP contribution >= 0.6 is 0 Å². The first-order valence-electron chi connectivity index (χ1n) is 10.9. The Bertz CT molecular complexity index is 1030. The van der Waals surface area contributed by atoms with E-state index >= 15 is 0 Å². The number of sulfonamides is 1. The lowest BCUT2D eigenvalue weighted by Gasteiger charge is -2.17. The van der Waals surface area contributed by atoms with Crippen molar-refractivity contribution in [3.63, 3.8) is 0 Å². The molecule has 2 aromatic carbocycles. The summed E-state index contributed by atoms with van der Waals surface area (Å²) in [5, 5.41) is 3.05. The van der Waals surface area contributed by atoms with Gasteiger partial charge in [-0.1, -0.05) is 31.7 Å². The lowest BCUT2D eigenvalue weighted by Crippen LogP contribution is -2.37. The van der Waals surface area contributed by atoms with Crippen LogP contribution in [0.3, 0.4) is 0 Å². The minimum absolute atomic E-state index is 0.0790. The van der Waals surface area contributed by atoms with E-state index in [0.717, 1.165) is 36.8 Å². The van der Waals surface area contributed by atoms with Gasteiger partial charge in [0, 0.05) is 11.7 Å². The second-order valence-electron chi connectivity index (χ2n) is 8.38. The number of benzene rings is 2. The molecular formula is C24H32N2O4S. The smallest absolute Gasteiger partial charge is 0.261 e. The zero-order valence-corrected chi connectivity index (χ0v) is 19.3. The molecule has 0 aromatic heterocycles. The summed E-state index contributed by atoms with van der Waals surface area (Å²) in [5.74, 6) is 0.362. The monoisotopic (exact) mass is 444 g/mol. The fraction of sp³-hybridized carbons (Fsp3) is 0.458. The maximum Gasteiger partial charge on any atom is 0.261 e. The lowest BCUT2D eigenvalue weighted by atomic mass is 10.1. The zero-order chi connectivity index (χ0) is 22.4. The molecule has 0 atom stereocenters. The fourth-order valence-corrected chi connectivity index (χ4v) is 4.94. The van der Waals surface area contributed by atoms with Crippen LogP contribution in [0.2, 0.25) is 0 Å². The number of carbonyl (C=O) groups excluding carboxylic acids is 1. The number of hydrogen-bond acceptors (Lipinski definition) is 4.